The molecule has 0 saturated heterocycles. The molecule has 1 rings (SSSR count). The Morgan fingerprint density at radius 3 is 2.44 bits per heavy atom. The fourth-order valence-electron chi connectivity index (χ4n) is 1.05. The summed E-state index contributed by atoms with van der Waals surface area (Å²) in [6, 6.07) is 1.88. The van der Waals surface area contributed by atoms with Crippen molar-refractivity contribution in [2.75, 3.05) is 5.32 Å². The highest BCUT2D eigenvalue weighted by Crippen LogP contribution is 2.17. The molecule has 0 aliphatic carbocycles. The summed E-state index contributed by atoms with van der Waals surface area (Å²) < 4.78 is 26.4. The van der Waals surface area contributed by atoms with E-state index in [9.17, 15) is 13.6 Å². The number of terminal acetylenes is 1. The highest BCUT2D eigenvalue weighted by atomic mass is 19.1. The van der Waals surface area contributed by atoms with E-state index >= 15 is 0 Å². The zero-order valence-corrected chi connectivity index (χ0v) is 8.18. The maximum Gasteiger partial charge on any atom is 0.256 e. The molecule has 0 unspecified atom stereocenters. The Hall–Kier alpha value is -2.37. The minimum absolute atomic E-state index is 0.0227. The van der Waals surface area contributed by atoms with E-state index in [0.717, 1.165) is 18.2 Å². The number of hydrogen-bond acceptors (Lipinski definition) is 1. The van der Waals surface area contributed by atoms with Crippen molar-refractivity contribution in [2.45, 2.75) is 0 Å². The van der Waals surface area contributed by atoms with Gasteiger partial charge in [0.2, 0.25) is 0 Å². The fraction of sp³-hybridized carbons (Fsp3) is 0. The third kappa shape index (κ3) is 2.57. The molecule has 0 aromatic heterocycles. The first kappa shape index (κ1) is 11.7. The summed E-state index contributed by atoms with van der Waals surface area (Å²) in [4.78, 5) is 11.0. The number of hydrogen-bond donors (Lipinski definition) is 1. The van der Waals surface area contributed by atoms with Crippen molar-refractivity contribution < 1.29 is 13.6 Å². The average molecular weight is 219 g/mol. The summed E-state index contributed by atoms with van der Waals surface area (Å²) in [7, 11) is 0. The Bertz CT molecular complexity index is 499. The maximum absolute atomic E-state index is 13.2. The largest absolute Gasteiger partial charge is 0.322 e. The van der Waals surface area contributed by atoms with E-state index in [-0.39, 0.29) is 5.69 Å². The molecular formula is C12H7F2NO. The SMILES string of the molecule is C#Cc1c(F)cc(NC(=O)C=C=C)cc1F. The molecule has 1 N–H and O–H groups in total. The van der Waals surface area contributed by atoms with E-state index in [1.165, 1.54) is 0 Å². The van der Waals surface area contributed by atoms with Crippen molar-refractivity contribution in [1.82, 2.24) is 0 Å². The highest BCUT2D eigenvalue weighted by molar-refractivity contribution is 5.99. The van der Waals surface area contributed by atoms with E-state index in [2.05, 4.69) is 17.6 Å². The van der Waals surface area contributed by atoms with Crippen LogP contribution in [0.5, 0.6) is 0 Å². The second-order valence-electron chi connectivity index (χ2n) is 2.80. The molecule has 0 atom stereocenters. The van der Waals surface area contributed by atoms with Crippen LogP contribution in [0, 0.1) is 24.0 Å². The van der Waals surface area contributed by atoms with Gasteiger partial charge in [-0.15, -0.1) is 12.2 Å². The van der Waals surface area contributed by atoms with Crippen molar-refractivity contribution in [2.24, 2.45) is 0 Å². The molecule has 0 fully saturated rings. The molecule has 1 aromatic rings. The second-order valence-corrected chi connectivity index (χ2v) is 2.80. The van der Waals surface area contributed by atoms with Gasteiger partial charge in [0.1, 0.15) is 11.6 Å². The summed E-state index contributed by atoms with van der Waals surface area (Å²) in [6.45, 7) is 3.19. The monoisotopic (exact) mass is 219 g/mol. The lowest BCUT2D eigenvalue weighted by atomic mass is 10.2. The lowest BCUT2D eigenvalue weighted by Gasteiger charge is -2.04. The van der Waals surface area contributed by atoms with Crippen LogP contribution in [0.1, 0.15) is 5.56 Å². The fourth-order valence-corrected chi connectivity index (χ4v) is 1.05. The molecule has 0 aliphatic heterocycles. The molecule has 0 spiro atoms. The topological polar surface area (TPSA) is 29.1 Å². The summed E-state index contributed by atoms with van der Waals surface area (Å²) in [5.41, 5.74) is 1.75. The van der Waals surface area contributed by atoms with Gasteiger partial charge in [0, 0.05) is 11.8 Å². The predicted molar refractivity (Wildman–Crippen MR) is 56.6 cm³/mol. The summed E-state index contributed by atoms with van der Waals surface area (Å²) in [6.07, 6.45) is 5.91. The Labute approximate surface area is 91.3 Å². The molecule has 1 aromatic carbocycles. The summed E-state index contributed by atoms with van der Waals surface area (Å²) in [5, 5.41) is 2.23. The summed E-state index contributed by atoms with van der Waals surface area (Å²) >= 11 is 0. The van der Waals surface area contributed by atoms with Gasteiger partial charge in [-0.05, 0) is 12.1 Å². The second kappa shape index (κ2) is 4.92. The van der Waals surface area contributed by atoms with Crippen molar-refractivity contribution in [3.8, 4) is 12.3 Å². The number of rotatable bonds is 2. The van der Waals surface area contributed by atoms with Gasteiger partial charge in [0.05, 0.1) is 5.56 Å². The highest BCUT2D eigenvalue weighted by Gasteiger charge is 2.09. The van der Waals surface area contributed by atoms with Gasteiger partial charge >= 0.3 is 0 Å². The number of carbonyl (C=O) groups excluding carboxylic acids is 1. The molecule has 2 nitrogen and oxygen atoms in total. The first-order chi connectivity index (χ1) is 7.58. The lowest BCUT2D eigenvalue weighted by molar-refractivity contribution is -0.111. The van der Waals surface area contributed by atoms with Crippen LogP contribution in [0.25, 0.3) is 0 Å². The van der Waals surface area contributed by atoms with Gasteiger partial charge in [0.15, 0.2) is 0 Å². The molecule has 0 aliphatic rings. The van der Waals surface area contributed by atoms with Gasteiger partial charge in [-0.1, -0.05) is 12.5 Å². The zero-order valence-electron chi connectivity index (χ0n) is 8.18. The van der Waals surface area contributed by atoms with E-state index in [1.54, 1.807) is 0 Å². The Morgan fingerprint density at radius 2 is 2.00 bits per heavy atom. The van der Waals surface area contributed by atoms with E-state index in [1.807, 2.05) is 5.92 Å². The van der Waals surface area contributed by atoms with Gasteiger partial charge in [-0.2, -0.15) is 0 Å². The van der Waals surface area contributed by atoms with Crippen LogP contribution in [-0.4, -0.2) is 5.91 Å². The molecule has 80 valence electrons. The van der Waals surface area contributed by atoms with Crippen LogP contribution < -0.4 is 5.32 Å². The van der Waals surface area contributed by atoms with Crippen LogP contribution >= 0.6 is 0 Å². The Balaban J connectivity index is 3.06. The van der Waals surface area contributed by atoms with Crippen molar-refractivity contribution in [3.05, 3.63) is 47.7 Å². The average Bonchev–Trinajstić information content (AvgIpc) is 2.17. The van der Waals surface area contributed by atoms with Gasteiger partial charge in [0.25, 0.3) is 5.91 Å². The van der Waals surface area contributed by atoms with E-state index in [0.29, 0.717) is 0 Å². The molecule has 1 amide bonds. The number of nitrogens with one attached hydrogen (secondary N) is 1. The smallest absolute Gasteiger partial charge is 0.256 e. The zero-order chi connectivity index (χ0) is 12.1. The third-order valence-corrected chi connectivity index (χ3v) is 1.69. The van der Waals surface area contributed by atoms with Crippen molar-refractivity contribution in [1.29, 1.82) is 0 Å². The van der Waals surface area contributed by atoms with Crippen LogP contribution in [0.2, 0.25) is 0 Å². The van der Waals surface area contributed by atoms with E-state index < -0.39 is 23.1 Å². The Morgan fingerprint density at radius 1 is 1.44 bits per heavy atom. The van der Waals surface area contributed by atoms with Crippen LogP contribution in [0.4, 0.5) is 14.5 Å². The van der Waals surface area contributed by atoms with Crippen molar-refractivity contribution in [3.63, 3.8) is 0 Å². The number of carbonyl (C=O) groups is 1. The first-order valence-corrected chi connectivity index (χ1v) is 4.21. The minimum atomic E-state index is -0.902. The summed E-state index contributed by atoms with van der Waals surface area (Å²) in [5.74, 6) is -0.510. The normalized spacial score (nSPS) is 8.81. The van der Waals surface area contributed by atoms with Gasteiger partial charge < -0.3 is 5.32 Å². The maximum atomic E-state index is 13.2. The number of anilines is 1. The Kier molecular flexibility index (Phi) is 3.60. The molecule has 0 heterocycles. The van der Waals surface area contributed by atoms with Crippen LogP contribution in [0.15, 0.2) is 30.5 Å². The van der Waals surface area contributed by atoms with Gasteiger partial charge in [-0.25, -0.2) is 8.78 Å². The molecule has 16 heavy (non-hydrogen) atoms. The molecule has 0 bridgehead atoms. The first-order valence-electron chi connectivity index (χ1n) is 4.21. The number of amides is 1. The molecule has 0 saturated carbocycles. The quantitative estimate of drug-likeness (QED) is 0.461. The van der Waals surface area contributed by atoms with Crippen LogP contribution in [0.3, 0.4) is 0 Å². The molecule has 0 radical (unpaired) electrons. The molecular weight excluding hydrogens is 212 g/mol. The van der Waals surface area contributed by atoms with Crippen LogP contribution in [-0.2, 0) is 4.79 Å². The van der Waals surface area contributed by atoms with E-state index in [4.69, 9.17) is 6.42 Å². The minimum Gasteiger partial charge on any atom is -0.322 e. The number of halogens is 2. The standard InChI is InChI=1S/C12H7F2NO/c1-3-5-12(16)15-8-6-10(13)9(4-2)11(14)7-8/h2,5-7H,1H2,(H,15,16). The lowest BCUT2D eigenvalue weighted by Crippen LogP contribution is -2.08. The van der Waals surface area contributed by atoms with Crippen molar-refractivity contribution >= 4 is 11.6 Å². The predicted octanol–water partition coefficient (Wildman–Crippen LogP) is 2.23. The molecule has 4 heteroatoms. The third-order valence-electron chi connectivity index (χ3n) is 1.69. The van der Waals surface area contributed by atoms with Gasteiger partial charge in [-0.3, -0.25) is 4.79 Å². The number of benzene rings is 1.